The standard InChI is InChI=1S/C14H27N3O2S2.HI/c1-13(2)10-17(7-8-20-13)12(15-3)16-9-14(5-6-14)11-21(4,18)19;/h5-11H2,1-4H3,(H,15,16);1H. The number of halogens is 1. The first kappa shape index (κ1) is 20.3. The summed E-state index contributed by atoms with van der Waals surface area (Å²) in [6.45, 7) is 7.17. The number of rotatable bonds is 4. The molecule has 5 nitrogen and oxygen atoms in total. The summed E-state index contributed by atoms with van der Waals surface area (Å²) in [7, 11) is -1.12. The van der Waals surface area contributed by atoms with Crippen molar-refractivity contribution in [1.29, 1.82) is 0 Å². The average Bonchev–Trinajstić information content (AvgIpc) is 3.06. The van der Waals surface area contributed by atoms with Gasteiger partial charge in [0.25, 0.3) is 0 Å². The van der Waals surface area contributed by atoms with Crippen LogP contribution in [0.1, 0.15) is 26.7 Å². The van der Waals surface area contributed by atoms with E-state index in [0.717, 1.165) is 37.6 Å². The summed E-state index contributed by atoms with van der Waals surface area (Å²) in [5.74, 6) is 2.29. The minimum atomic E-state index is -2.91. The highest BCUT2D eigenvalue weighted by Gasteiger charge is 2.45. The average molecular weight is 461 g/mol. The molecule has 1 aliphatic heterocycles. The van der Waals surface area contributed by atoms with Crippen LogP contribution in [0.2, 0.25) is 0 Å². The second-order valence-electron chi connectivity index (χ2n) is 7.00. The van der Waals surface area contributed by atoms with Crippen LogP contribution < -0.4 is 5.32 Å². The van der Waals surface area contributed by atoms with E-state index in [2.05, 4.69) is 29.1 Å². The first-order valence-electron chi connectivity index (χ1n) is 7.42. The summed E-state index contributed by atoms with van der Waals surface area (Å²) in [5.41, 5.74) is -0.0659. The van der Waals surface area contributed by atoms with Crippen LogP contribution in [0.15, 0.2) is 4.99 Å². The maximum absolute atomic E-state index is 11.5. The van der Waals surface area contributed by atoms with Gasteiger partial charge in [-0.15, -0.1) is 24.0 Å². The number of nitrogens with one attached hydrogen (secondary N) is 1. The zero-order chi connectivity index (χ0) is 15.7. The van der Waals surface area contributed by atoms with Crippen molar-refractivity contribution >= 4 is 51.5 Å². The molecule has 8 heteroatoms. The number of sulfone groups is 1. The van der Waals surface area contributed by atoms with E-state index < -0.39 is 9.84 Å². The molecular weight excluding hydrogens is 433 g/mol. The molecule has 0 aromatic rings. The fraction of sp³-hybridized carbons (Fsp3) is 0.929. The molecule has 0 atom stereocenters. The number of nitrogens with zero attached hydrogens (tertiary/aromatic N) is 2. The van der Waals surface area contributed by atoms with Crippen molar-refractivity contribution in [3.63, 3.8) is 0 Å². The van der Waals surface area contributed by atoms with Crippen LogP contribution in [-0.2, 0) is 9.84 Å². The molecule has 0 radical (unpaired) electrons. The molecule has 2 fully saturated rings. The van der Waals surface area contributed by atoms with Gasteiger partial charge in [-0.2, -0.15) is 11.8 Å². The summed E-state index contributed by atoms with van der Waals surface area (Å²) in [6.07, 6.45) is 3.31. The lowest BCUT2D eigenvalue weighted by Crippen LogP contribution is -2.52. The Labute approximate surface area is 156 Å². The Balaban J connectivity index is 0.00000242. The zero-order valence-corrected chi connectivity index (χ0v) is 17.8. The molecule has 1 saturated heterocycles. The molecule has 1 N–H and O–H groups in total. The second kappa shape index (κ2) is 7.46. The third-order valence-electron chi connectivity index (χ3n) is 4.08. The monoisotopic (exact) mass is 461 g/mol. The van der Waals surface area contributed by atoms with Crippen molar-refractivity contribution in [3.8, 4) is 0 Å². The van der Waals surface area contributed by atoms with Crippen LogP contribution in [0.5, 0.6) is 0 Å². The van der Waals surface area contributed by atoms with Crippen LogP contribution >= 0.6 is 35.7 Å². The van der Waals surface area contributed by atoms with Gasteiger partial charge in [-0.25, -0.2) is 8.42 Å². The van der Waals surface area contributed by atoms with Gasteiger partial charge >= 0.3 is 0 Å². The van der Waals surface area contributed by atoms with Crippen molar-refractivity contribution in [2.24, 2.45) is 10.4 Å². The van der Waals surface area contributed by atoms with Gasteiger partial charge in [0.2, 0.25) is 0 Å². The van der Waals surface area contributed by atoms with Crippen LogP contribution in [0.25, 0.3) is 0 Å². The third-order valence-corrected chi connectivity index (χ3v) is 6.52. The van der Waals surface area contributed by atoms with E-state index in [-0.39, 0.29) is 39.9 Å². The van der Waals surface area contributed by atoms with Gasteiger partial charge in [0.05, 0.1) is 5.75 Å². The van der Waals surface area contributed by atoms with E-state index in [9.17, 15) is 8.42 Å². The minimum absolute atomic E-state index is 0. The fourth-order valence-electron chi connectivity index (χ4n) is 2.90. The van der Waals surface area contributed by atoms with Crippen molar-refractivity contribution in [3.05, 3.63) is 0 Å². The molecule has 0 amide bonds. The van der Waals surface area contributed by atoms with Gasteiger partial charge in [-0.1, -0.05) is 0 Å². The minimum Gasteiger partial charge on any atom is -0.356 e. The molecule has 130 valence electrons. The summed E-state index contributed by atoms with van der Waals surface area (Å²) >= 11 is 1.99. The molecule has 0 spiro atoms. The highest BCUT2D eigenvalue weighted by Crippen LogP contribution is 2.46. The van der Waals surface area contributed by atoms with Gasteiger partial charge in [-0.3, -0.25) is 4.99 Å². The van der Waals surface area contributed by atoms with Crippen LogP contribution in [0.3, 0.4) is 0 Å². The molecule has 2 aliphatic rings. The molecule has 22 heavy (non-hydrogen) atoms. The third kappa shape index (κ3) is 6.07. The molecule has 2 rings (SSSR count). The molecule has 0 aromatic heterocycles. The Kier molecular flexibility index (Phi) is 6.90. The van der Waals surface area contributed by atoms with Crippen molar-refractivity contribution in [1.82, 2.24) is 10.2 Å². The van der Waals surface area contributed by atoms with E-state index in [4.69, 9.17) is 0 Å². The topological polar surface area (TPSA) is 61.8 Å². The van der Waals surface area contributed by atoms with Gasteiger partial charge in [0, 0.05) is 48.9 Å². The Morgan fingerprint density at radius 3 is 2.45 bits per heavy atom. The highest BCUT2D eigenvalue weighted by atomic mass is 127. The van der Waals surface area contributed by atoms with Crippen molar-refractivity contribution < 1.29 is 8.42 Å². The number of hydrogen-bond donors (Lipinski definition) is 1. The zero-order valence-electron chi connectivity index (χ0n) is 13.9. The Morgan fingerprint density at radius 1 is 1.36 bits per heavy atom. The van der Waals surface area contributed by atoms with Crippen LogP contribution in [0.4, 0.5) is 0 Å². The first-order chi connectivity index (χ1) is 9.65. The predicted octanol–water partition coefficient (Wildman–Crippen LogP) is 1.83. The Morgan fingerprint density at radius 2 is 2.00 bits per heavy atom. The molecule has 1 saturated carbocycles. The first-order valence-corrected chi connectivity index (χ1v) is 10.5. The van der Waals surface area contributed by atoms with E-state index >= 15 is 0 Å². The van der Waals surface area contributed by atoms with E-state index in [1.165, 1.54) is 6.26 Å². The molecule has 0 aromatic carbocycles. The van der Waals surface area contributed by atoms with E-state index in [1.54, 1.807) is 7.05 Å². The molecule has 1 aliphatic carbocycles. The largest absolute Gasteiger partial charge is 0.356 e. The predicted molar refractivity (Wildman–Crippen MR) is 106 cm³/mol. The summed E-state index contributed by atoms with van der Waals surface area (Å²) in [4.78, 5) is 6.66. The molecule has 0 bridgehead atoms. The fourth-order valence-corrected chi connectivity index (χ4v) is 5.52. The van der Waals surface area contributed by atoms with Gasteiger partial charge in [-0.05, 0) is 26.7 Å². The number of hydrogen-bond acceptors (Lipinski definition) is 4. The summed E-state index contributed by atoms with van der Waals surface area (Å²) < 4.78 is 23.3. The lowest BCUT2D eigenvalue weighted by molar-refractivity contribution is 0.371. The highest BCUT2D eigenvalue weighted by molar-refractivity contribution is 14.0. The van der Waals surface area contributed by atoms with Crippen molar-refractivity contribution in [2.75, 3.05) is 44.4 Å². The molecule has 0 unspecified atom stereocenters. The van der Waals surface area contributed by atoms with Gasteiger partial charge in [0.1, 0.15) is 9.84 Å². The molecular formula is C14H28IN3O2S2. The number of thioether (sulfide) groups is 1. The van der Waals surface area contributed by atoms with Crippen LogP contribution in [0, 0.1) is 5.41 Å². The molecule has 1 heterocycles. The quantitative estimate of drug-likeness (QED) is 0.393. The lowest BCUT2D eigenvalue weighted by Gasteiger charge is -2.39. The Bertz CT molecular complexity index is 516. The van der Waals surface area contributed by atoms with E-state index in [1.807, 2.05) is 11.8 Å². The van der Waals surface area contributed by atoms with Crippen molar-refractivity contribution in [2.45, 2.75) is 31.4 Å². The van der Waals surface area contributed by atoms with E-state index in [0.29, 0.717) is 6.54 Å². The number of guanidine groups is 1. The number of aliphatic imine (C=N–C) groups is 1. The van der Waals surface area contributed by atoms with Gasteiger partial charge < -0.3 is 10.2 Å². The summed E-state index contributed by atoms with van der Waals surface area (Å²) in [5, 5.41) is 3.40. The SMILES string of the molecule is CN=C(NCC1(CS(C)(=O)=O)CC1)N1CCSC(C)(C)C1.I. The maximum atomic E-state index is 11.5. The Hall–Kier alpha value is 0.300. The van der Waals surface area contributed by atoms with Crippen LogP contribution in [-0.4, -0.2) is 68.5 Å². The lowest BCUT2D eigenvalue weighted by atomic mass is 10.1. The smallest absolute Gasteiger partial charge is 0.193 e. The van der Waals surface area contributed by atoms with Gasteiger partial charge in [0.15, 0.2) is 5.96 Å². The second-order valence-corrected chi connectivity index (χ2v) is 10.9. The normalized spacial score (nSPS) is 23.6. The summed E-state index contributed by atoms with van der Waals surface area (Å²) in [6, 6.07) is 0. The maximum Gasteiger partial charge on any atom is 0.193 e.